The molecule has 20 heavy (non-hydrogen) atoms. The first-order valence-corrected chi connectivity index (χ1v) is 6.25. The van der Waals surface area contributed by atoms with Gasteiger partial charge in [-0.05, 0) is 25.3 Å². The number of hydrogen-bond donors (Lipinski definition) is 2. The van der Waals surface area contributed by atoms with E-state index in [2.05, 4.69) is 5.32 Å². The van der Waals surface area contributed by atoms with Gasteiger partial charge in [-0.1, -0.05) is 0 Å². The predicted molar refractivity (Wildman–Crippen MR) is 70.3 cm³/mol. The molecule has 1 aliphatic rings. The fraction of sp³-hybridized carbons (Fsp3) is 0.500. The number of nitrogens with zero attached hydrogens (tertiary/aromatic N) is 2. The zero-order valence-corrected chi connectivity index (χ0v) is 10.7. The van der Waals surface area contributed by atoms with E-state index in [9.17, 15) is 25.3 Å². The maximum Gasteiger partial charge on any atom is 0.280 e. The Labute approximate surface area is 114 Å². The smallest absolute Gasteiger partial charge is 0.280 e. The molecule has 0 bridgehead atoms. The Morgan fingerprint density at radius 3 is 2.40 bits per heavy atom. The van der Waals surface area contributed by atoms with Gasteiger partial charge in [0.1, 0.15) is 0 Å². The van der Waals surface area contributed by atoms with Gasteiger partial charge in [0.25, 0.3) is 11.4 Å². The first-order valence-electron chi connectivity index (χ1n) is 6.25. The van der Waals surface area contributed by atoms with Crippen LogP contribution in [0.4, 0.5) is 11.4 Å². The zero-order valence-electron chi connectivity index (χ0n) is 10.7. The molecule has 2 N–H and O–H groups in total. The van der Waals surface area contributed by atoms with Gasteiger partial charge in [0.15, 0.2) is 0 Å². The van der Waals surface area contributed by atoms with Crippen LogP contribution in [0.3, 0.4) is 0 Å². The minimum absolute atomic E-state index is 0.0201. The van der Waals surface area contributed by atoms with Crippen LogP contribution in [0.5, 0.6) is 0 Å². The summed E-state index contributed by atoms with van der Waals surface area (Å²) in [6.07, 6.45) is 2.66. The summed E-state index contributed by atoms with van der Waals surface area (Å²) in [4.78, 5) is 20.3. The Morgan fingerprint density at radius 2 is 1.95 bits per heavy atom. The lowest BCUT2D eigenvalue weighted by atomic mass is 9.77. The average molecular weight is 281 g/mol. The third-order valence-corrected chi connectivity index (χ3v) is 3.74. The molecule has 2 rings (SSSR count). The largest absolute Gasteiger partial charge is 0.394 e. The number of aliphatic hydroxyl groups excluding tert-OH is 1. The molecule has 0 heterocycles. The summed E-state index contributed by atoms with van der Waals surface area (Å²) in [6.45, 7) is 0.183. The van der Waals surface area contributed by atoms with Crippen molar-refractivity contribution in [1.29, 1.82) is 0 Å². The van der Waals surface area contributed by atoms with E-state index in [0.29, 0.717) is 5.56 Å². The third kappa shape index (κ3) is 2.75. The van der Waals surface area contributed by atoms with Crippen LogP contribution in [0.1, 0.15) is 24.8 Å². The molecular formula is C12H15N3O5. The third-order valence-electron chi connectivity index (χ3n) is 3.74. The molecule has 0 atom stereocenters. The Morgan fingerprint density at radius 1 is 1.25 bits per heavy atom. The lowest BCUT2D eigenvalue weighted by molar-refractivity contribution is -0.394. The molecule has 8 heteroatoms. The molecule has 0 saturated heterocycles. The number of nitro groups is 2. The van der Waals surface area contributed by atoms with Crippen molar-refractivity contribution in [2.24, 2.45) is 0 Å². The summed E-state index contributed by atoms with van der Waals surface area (Å²) in [5, 5.41) is 34.1. The number of non-ortho nitro benzene ring substituents is 1. The van der Waals surface area contributed by atoms with Gasteiger partial charge in [0, 0.05) is 23.7 Å². The van der Waals surface area contributed by atoms with Crippen LogP contribution < -0.4 is 5.32 Å². The molecule has 1 fully saturated rings. The van der Waals surface area contributed by atoms with Crippen LogP contribution in [0.15, 0.2) is 18.2 Å². The monoisotopic (exact) mass is 281 g/mol. The highest BCUT2D eigenvalue weighted by Gasteiger charge is 2.36. The van der Waals surface area contributed by atoms with Crippen molar-refractivity contribution in [3.05, 3.63) is 44.0 Å². The first kappa shape index (κ1) is 14.4. The highest BCUT2D eigenvalue weighted by molar-refractivity contribution is 5.49. The highest BCUT2D eigenvalue weighted by atomic mass is 16.6. The minimum Gasteiger partial charge on any atom is -0.394 e. The number of nitrogens with one attached hydrogen (secondary N) is 1. The molecule has 0 amide bonds. The van der Waals surface area contributed by atoms with Crippen molar-refractivity contribution in [2.45, 2.75) is 31.3 Å². The van der Waals surface area contributed by atoms with Gasteiger partial charge in [-0.3, -0.25) is 20.2 Å². The van der Waals surface area contributed by atoms with E-state index in [0.717, 1.165) is 25.3 Å². The van der Waals surface area contributed by atoms with Gasteiger partial charge in [-0.15, -0.1) is 0 Å². The first-order chi connectivity index (χ1) is 9.47. The predicted octanol–water partition coefficient (Wildman–Crippen LogP) is 1.51. The van der Waals surface area contributed by atoms with Crippen molar-refractivity contribution in [3.8, 4) is 0 Å². The molecule has 0 aromatic heterocycles. The quantitative estimate of drug-likeness (QED) is 0.602. The van der Waals surface area contributed by atoms with Gasteiger partial charge < -0.3 is 10.4 Å². The molecule has 0 aliphatic heterocycles. The molecule has 0 unspecified atom stereocenters. The molecule has 108 valence electrons. The zero-order chi connectivity index (χ0) is 14.8. The Kier molecular flexibility index (Phi) is 3.96. The number of rotatable bonds is 6. The molecule has 1 aromatic rings. The van der Waals surface area contributed by atoms with E-state index in [1.807, 2.05) is 0 Å². The lowest BCUT2D eigenvalue weighted by Crippen LogP contribution is -2.53. The second-order valence-corrected chi connectivity index (χ2v) is 4.97. The molecule has 0 radical (unpaired) electrons. The normalized spacial score (nSPS) is 16.4. The summed E-state index contributed by atoms with van der Waals surface area (Å²) >= 11 is 0. The molecule has 1 aromatic carbocycles. The van der Waals surface area contributed by atoms with Crippen LogP contribution in [-0.2, 0) is 6.54 Å². The number of aliphatic hydroxyl groups is 1. The van der Waals surface area contributed by atoms with Crippen molar-refractivity contribution in [2.75, 3.05) is 6.61 Å². The van der Waals surface area contributed by atoms with Crippen molar-refractivity contribution in [3.63, 3.8) is 0 Å². The van der Waals surface area contributed by atoms with Gasteiger partial charge in [0.2, 0.25) is 0 Å². The molecule has 8 nitrogen and oxygen atoms in total. The highest BCUT2D eigenvalue weighted by Crippen LogP contribution is 2.32. The summed E-state index contributed by atoms with van der Waals surface area (Å²) < 4.78 is 0. The fourth-order valence-corrected chi connectivity index (χ4v) is 2.26. The maximum absolute atomic E-state index is 11.0. The summed E-state index contributed by atoms with van der Waals surface area (Å²) in [5.41, 5.74) is -0.573. The summed E-state index contributed by atoms with van der Waals surface area (Å²) in [7, 11) is 0. The summed E-state index contributed by atoms with van der Waals surface area (Å²) in [6, 6.07) is 3.59. The Hall–Kier alpha value is -2.06. The lowest BCUT2D eigenvalue weighted by Gasteiger charge is -2.41. The number of nitro benzene ring substituents is 2. The van der Waals surface area contributed by atoms with E-state index in [1.165, 1.54) is 12.1 Å². The van der Waals surface area contributed by atoms with Crippen LogP contribution >= 0.6 is 0 Å². The second-order valence-electron chi connectivity index (χ2n) is 4.97. The van der Waals surface area contributed by atoms with Crippen LogP contribution in [-0.4, -0.2) is 27.1 Å². The molecule has 0 spiro atoms. The second kappa shape index (κ2) is 5.51. The standard InChI is InChI=1S/C12H15N3O5/c16-8-12(4-1-5-12)13-7-9-2-3-10(14(17)18)6-11(9)15(19)20/h2-3,6,13,16H,1,4-5,7-8H2. The number of hydrogen-bond acceptors (Lipinski definition) is 6. The van der Waals surface area contributed by atoms with Gasteiger partial charge >= 0.3 is 0 Å². The molecule has 1 aliphatic carbocycles. The minimum atomic E-state index is -0.661. The van der Waals surface area contributed by atoms with Gasteiger partial charge in [-0.2, -0.15) is 0 Å². The van der Waals surface area contributed by atoms with E-state index in [4.69, 9.17) is 0 Å². The van der Waals surface area contributed by atoms with Crippen molar-refractivity contribution < 1.29 is 15.0 Å². The van der Waals surface area contributed by atoms with E-state index >= 15 is 0 Å². The van der Waals surface area contributed by atoms with E-state index in [1.54, 1.807) is 0 Å². The molecule has 1 saturated carbocycles. The van der Waals surface area contributed by atoms with Crippen LogP contribution in [0, 0.1) is 20.2 Å². The number of benzene rings is 1. The SMILES string of the molecule is O=[N+]([O-])c1ccc(CNC2(CO)CCC2)c([N+](=O)[O-])c1. The van der Waals surface area contributed by atoms with Crippen LogP contribution in [0.2, 0.25) is 0 Å². The van der Waals surface area contributed by atoms with Crippen LogP contribution in [0.25, 0.3) is 0 Å². The van der Waals surface area contributed by atoms with E-state index < -0.39 is 9.85 Å². The van der Waals surface area contributed by atoms with Gasteiger partial charge in [0.05, 0.1) is 22.5 Å². The topological polar surface area (TPSA) is 119 Å². The van der Waals surface area contributed by atoms with Crippen molar-refractivity contribution >= 4 is 11.4 Å². The Bertz CT molecular complexity index is 536. The van der Waals surface area contributed by atoms with Crippen molar-refractivity contribution in [1.82, 2.24) is 5.32 Å². The maximum atomic E-state index is 11.0. The molecular weight excluding hydrogens is 266 g/mol. The summed E-state index contributed by atoms with van der Waals surface area (Å²) in [5.74, 6) is 0. The Balaban J connectivity index is 2.18. The average Bonchev–Trinajstić information content (AvgIpc) is 2.37. The van der Waals surface area contributed by atoms with E-state index in [-0.39, 0.29) is 30.1 Å². The van der Waals surface area contributed by atoms with Gasteiger partial charge in [-0.25, -0.2) is 0 Å². The fourth-order valence-electron chi connectivity index (χ4n) is 2.26.